The van der Waals surface area contributed by atoms with E-state index < -0.39 is 28.8 Å². The molecule has 1 aromatic carbocycles. The van der Waals surface area contributed by atoms with Crippen LogP contribution in [0.5, 0.6) is 0 Å². The zero-order chi connectivity index (χ0) is 11.9. The fourth-order valence-corrected chi connectivity index (χ4v) is 1.27. The number of nitrogens with one attached hydrogen (secondary N) is 1. The molecule has 0 bridgehead atoms. The summed E-state index contributed by atoms with van der Waals surface area (Å²) in [5.41, 5.74) is 4.10. The first kappa shape index (κ1) is 10.5. The molecule has 3 nitrogen and oxygen atoms in total. The molecule has 0 amide bonds. The Hall–Kier alpha value is -2.05. The summed E-state index contributed by atoms with van der Waals surface area (Å²) in [5.74, 6) is -6.08. The maximum absolute atomic E-state index is 13.3. The Balaban J connectivity index is 2.73. The van der Waals surface area contributed by atoms with Crippen molar-refractivity contribution in [3.63, 3.8) is 0 Å². The van der Waals surface area contributed by atoms with Crippen LogP contribution >= 0.6 is 0 Å². The molecule has 7 heteroatoms. The highest BCUT2D eigenvalue weighted by Crippen LogP contribution is 2.28. The van der Waals surface area contributed by atoms with Gasteiger partial charge in [-0.1, -0.05) is 0 Å². The largest absolute Gasteiger partial charge is 0.369 e. The molecule has 0 saturated carbocycles. The van der Waals surface area contributed by atoms with Crippen molar-refractivity contribution in [2.45, 2.75) is 0 Å². The van der Waals surface area contributed by atoms with Crippen LogP contribution in [0.15, 0.2) is 12.3 Å². The Morgan fingerprint density at radius 3 is 2.06 bits per heavy atom. The van der Waals surface area contributed by atoms with Crippen molar-refractivity contribution < 1.29 is 17.6 Å². The van der Waals surface area contributed by atoms with Gasteiger partial charge in [-0.2, -0.15) is 0 Å². The number of aromatic nitrogens is 2. The van der Waals surface area contributed by atoms with Crippen LogP contribution < -0.4 is 5.73 Å². The van der Waals surface area contributed by atoms with Gasteiger partial charge < -0.3 is 10.7 Å². The van der Waals surface area contributed by atoms with Gasteiger partial charge in [0.15, 0.2) is 29.2 Å². The number of halogens is 4. The number of nitrogens with two attached hydrogens (primary N) is 1. The third kappa shape index (κ3) is 1.50. The molecule has 0 fully saturated rings. The number of nitrogens with zero attached hydrogens (tertiary/aromatic N) is 1. The lowest BCUT2D eigenvalue weighted by molar-refractivity contribution is 0.458. The van der Waals surface area contributed by atoms with Crippen LogP contribution in [-0.4, -0.2) is 9.97 Å². The van der Waals surface area contributed by atoms with E-state index in [9.17, 15) is 17.6 Å². The van der Waals surface area contributed by atoms with Gasteiger partial charge >= 0.3 is 0 Å². The summed E-state index contributed by atoms with van der Waals surface area (Å²) < 4.78 is 52.3. The summed E-state index contributed by atoms with van der Waals surface area (Å²) in [4.78, 5) is 5.76. The molecular weight excluding hydrogens is 226 g/mol. The number of benzene rings is 1. The molecule has 2 aromatic rings. The van der Waals surface area contributed by atoms with Crippen LogP contribution in [0.25, 0.3) is 11.3 Å². The van der Waals surface area contributed by atoms with E-state index in [1.165, 1.54) is 0 Å². The molecule has 0 radical (unpaired) electrons. The Morgan fingerprint density at radius 2 is 1.62 bits per heavy atom. The first-order valence-electron chi connectivity index (χ1n) is 4.14. The van der Waals surface area contributed by atoms with E-state index in [2.05, 4.69) is 9.97 Å². The molecule has 1 aromatic heterocycles. The van der Waals surface area contributed by atoms with Crippen molar-refractivity contribution in [2.24, 2.45) is 0 Å². The Bertz CT molecular complexity index is 524. The fraction of sp³-hybridized carbons (Fsp3) is 0. The van der Waals surface area contributed by atoms with Crippen molar-refractivity contribution in [3.8, 4) is 11.3 Å². The third-order valence-corrected chi connectivity index (χ3v) is 1.98. The van der Waals surface area contributed by atoms with E-state index >= 15 is 0 Å². The van der Waals surface area contributed by atoms with E-state index in [4.69, 9.17) is 5.73 Å². The minimum atomic E-state index is -1.50. The highest BCUT2D eigenvalue weighted by Gasteiger charge is 2.21. The van der Waals surface area contributed by atoms with Crippen molar-refractivity contribution >= 4 is 5.95 Å². The molecule has 0 aliphatic heterocycles. The van der Waals surface area contributed by atoms with Crippen LogP contribution in [0.3, 0.4) is 0 Å². The normalized spacial score (nSPS) is 10.8. The van der Waals surface area contributed by atoms with Crippen LogP contribution in [0.1, 0.15) is 0 Å². The minimum absolute atomic E-state index is 0.113. The van der Waals surface area contributed by atoms with Crippen molar-refractivity contribution in [1.29, 1.82) is 0 Å². The molecule has 84 valence electrons. The lowest BCUT2D eigenvalue weighted by atomic mass is 10.1. The Morgan fingerprint density at radius 1 is 1.06 bits per heavy atom. The molecule has 16 heavy (non-hydrogen) atoms. The summed E-state index contributed by atoms with van der Waals surface area (Å²) in [6.45, 7) is 0. The van der Waals surface area contributed by atoms with E-state index in [0.29, 0.717) is 0 Å². The van der Waals surface area contributed by atoms with Crippen molar-refractivity contribution in [2.75, 3.05) is 5.73 Å². The molecule has 0 atom stereocenters. The van der Waals surface area contributed by atoms with E-state index in [1.54, 1.807) is 0 Å². The number of aromatic amines is 1. The predicted octanol–water partition coefficient (Wildman–Crippen LogP) is 2.22. The molecule has 2 rings (SSSR count). The number of H-pyrrole nitrogens is 1. The van der Waals surface area contributed by atoms with Crippen molar-refractivity contribution in [3.05, 3.63) is 35.5 Å². The van der Waals surface area contributed by atoms with Gasteiger partial charge in [0.1, 0.15) is 0 Å². The third-order valence-electron chi connectivity index (χ3n) is 1.98. The highest BCUT2D eigenvalue weighted by molar-refractivity contribution is 5.61. The van der Waals surface area contributed by atoms with Crippen LogP contribution in [0.4, 0.5) is 23.5 Å². The first-order chi connectivity index (χ1) is 7.50. The van der Waals surface area contributed by atoms with Crippen LogP contribution in [-0.2, 0) is 0 Å². The zero-order valence-electron chi connectivity index (χ0n) is 7.69. The van der Waals surface area contributed by atoms with Gasteiger partial charge in [0.2, 0.25) is 0 Å². The number of imidazole rings is 1. The summed E-state index contributed by atoms with van der Waals surface area (Å²) >= 11 is 0. The second-order valence-electron chi connectivity index (χ2n) is 3.03. The number of rotatable bonds is 1. The molecular formula is C9H5F4N3. The predicted molar refractivity (Wildman–Crippen MR) is 48.3 cm³/mol. The standard InChI is InChI=1S/C9H5F4N3/c10-3-1-4(11)8(13)6(7(3)12)5-2-15-9(14)16-5/h1-2H,(H3,14,15,16). The number of anilines is 1. The van der Waals surface area contributed by atoms with E-state index in [-0.39, 0.29) is 17.7 Å². The van der Waals surface area contributed by atoms with Gasteiger partial charge in [-0.25, -0.2) is 22.5 Å². The van der Waals surface area contributed by atoms with E-state index in [0.717, 1.165) is 6.20 Å². The van der Waals surface area contributed by atoms with Gasteiger partial charge in [-0.05, 0) is 0 Å². The zero-order valence-corrected chi connectivity index (χ0v) is 7.69. The summed E-state index contributed by atoms with van der Waals surface area (Å²) in [6.07, 6.45) is 0.982. The van der Waals surface area contributed by atoms with Crippen LogP contribution in [0, 0.1) is 23.3 Å². The van der Waals surface area contributed by atoms with Gasteiger partial charge in [0.25, 0.3) is 0 Å². The quantitative estimate of drug-likeness (QED) is 0.584. The summed E-state index contributed by atoms with van der Waals surface area (Å²) in [7, 11) is 0. The SMILES string of the molecule is Nc1ncc(-c2c(F)c(F)cc(F)c2F)[nH]1. The van der Waals surface area contributed by atoms with Gasteiger partial charge in [0, 0.05) is 6.07 Å². The first-order valence-corrected chi connectivity index (χ1v) is 4.14. The molecule has 0 unspecified atom stereocenters. The Kier molecular flexibility index (Phi) is 2.30. The van der Waals surface area contributed by atoms with Crippen LogP contribution in [0.2, 0.25) is 0 Å². The topological polar surface area (TPSA) is 54.7 Å². The Labute approximate surface area is 86.9 Å². The molecule has 3 N–H and O–H groups in total. The average molecular weight is 231 g/mol. The lowest BCUT2D eigenvalue weighted by Gasteiger charge is -2.04. The second-order valence-corrected chi connectivity index (χ2v) is 3.03. The molecule has 0 spiro atoms. The molecule has 1 heterocycles. The van der Waals surface area contributed by atoms with Crippen molar-refractivity contribution in [1.82, 2.24) is 9.97 Å². The summed E-state index contributed by atoms with van der Waals surface area (Å²) in [5, 5.41) is 0. The maximum atomic E-state index is 13.3. The monoisotopic (exact) mass is 231 g/mol. The lowest BCUT2D eigenvalue weighted by Crippen LogP contribution is -1.98. The molecule has 0 aliphatic carbocycles. The minimum Gasteiger partial charge on any atom is -0.369 e. The number of nitrogen functional groups attached to an aromatic ring is 1. The van der Waals surface area contributed by atoms with E-state index in [1.807, 2.05) is 0 Å². The molecule has 0 saturated heterocycles. The number of hydrogen-bond donors (Lipinski definition) is 2. The second kappa shape index (κ2) is 3.51. The smallest absolute Gasteiger partial charge is 0.197 e. The number of hydrogen-bond acceptors (Lipinski definition) is 2. The van der Waals surface area contributed by atoms with Gasteiger partial charge in [0.05, 0.1) is 17.5 Å². The highest BCUT2D eigenvalue weighted by atomic mass is 19.2. The average Bonchev–Trinajstić information content (AvgIpc) is 2.62. The van der Waals surface area contributed by atoms with Gasteiger partial charge in [-0.15, -0.1) is 0 Å². The fourth-order valence-electron chi connectivity index (χ4n) is 1.27. The maximum Gasteiger partial charge on any atom is 0.197 e. The molecule has 0 aliphatic rings. The van der Waals surface area contributed by atoms with Gasteiger partial charge in [-0.3, -0.25) is 0 Å². The summed E-state index contributed by atoms with van der Waals surface area (Å²) in [6, 6.07) is 0.133.